The minimum Gasteiger partial charge on any atom is -0.341 e. The maximum Gasteiger partial charge on any atom is 0.0491 e. The molecule has 2 heteroatoms. The first-order valence-electron chi connectivity index (χ1n) is 6.92. The van der Waals surface area contributed by atoms with E-state index in [1.807, 2.05) is 0 Å². The molecule has 0 radical (unpaired) electrons. The minimum absolute atomic E-state index is 1.00. The summed E-state index contributed by atoms with van der Waals surface area (Å²) in [6, 6.07) is 17.7. The average molecular weight is 277 g/mol. The van der Waals surface area contributed by atoms with Gasteiger partial charge < -0.3 is 4.57 Å². The monoisotopic (exact) mass is 277 g/mol. The minimum atomic E-state index is 1.00. The van der Waals surface area contributed by atoms with Crippen LogP contribution in [-0.2, 0) is 6.54 Å². The summed E-state index contributed by atoms with van der Waals surface area (Å²) in [6.07, 6.45) is 0. The Morgan fingerprint density at radius 2 is 1.75 bits per heavy atom. The molecular weight excluding hydrogens is 262 g/mol. The summed E-state index contributed by atoms with van der Waals surface area (Å²) >= 11 is 1.75. The molecule has 2 aromatic heterocycles. The van der Waals surface area contributed by atoms with Crippen molar-refractivity contribution in [3.05, 3.63) is 59.3 Å². The topological polar surface area (TPSA) is 4.93 Å². The Kier molecular flexibility index (Phi) is 2.64. The third-order valence-corrected chi connectivity index (χ3v) is 4.63. The molecule has 0 aliphatic heterocycles. The number of aryl methyl sites for hydroxylation is 1. The van der Waals surface area contributed by atoms with E-state index in [-0.39, 0.29) is 0 Å². The van der Waals surface area contributed by atoms with Crippen molar-refractivity contribution in [1.29, 1.82) is 0 Å². The zero-order valence-corrected chi connectivity index (χ0v) is 12.2. The number of para-hydroxylation sites is 1. The molecule has 0 fully saturated rings. The fourth-order valence-corrected chi connectivity index (χ4v) is 3.67. The number of benzene rings is 2. The molecule has 98 valence electrons. The van der Waals surface area contributed by atoms with E-state index in [1.54, 1.807) is 11.3 Å². The van der Waals surface area contributed by atoms with Crippen LogP contribution >= 0.6 is 11.3 Å². The molecule has 0 aliphatic carbocycles. The predicted molar refractivity (Wildman–Crippen MR) is 88.4 cm³/mol. The lowest BCUT2D eigenvalue weighted by Crippen LogP contribution is -1.92. The molecule has 4 aromatic rings. The van der Waals surface area contributed by atoms with Crippen molar-refractivity contribution < 1.29 is 0 Å². The van der Waals surface area contributed by atoms with Gasteiger partial charge in [-0.2, -0.15) is 11.3 Å². The van der Waals surface area contributed by atoms with Crippen molar-refractivity contribution in [2.75, 3.05) is 0 Å². The van der Waals surface area contributed by atoms with Crippen molar-refractivity contribution >= 4 is 33.1 Å². The van der Waals surface area contributed by atoms with Crippen LogP contribution in [0.5, 0.6) is 0 Å². The SMILES string of the molecule is CCn1c2ccccc2c2cc(-c3ccsc3)ccc21. The highest BCUT2D eigenvalue weighted by Gasteiger charge is 2.10. The maximum absolute atomic E-state index is 2.39. The third kappa shape index (κ3) is 1.61. The lowest BCUT2D eigenvalue weighted by molar-refractivity contribution is 0.827. The van der Waals surface area contributed by atoms with Gasteiger partial charge in [-0.1, -0.05) is 24.3 Å². The molecule has 0 amide bonds. The normalized spacial score (nSPS) is 11.4. The highest BCUT2D eigenvalue weighted by Crippen LogP contribution is 2.33. The van der Waals surface area contributed by atoms with Crippen molar-refractivity contribution in [3.63, 3.8) is 0 Å². The molecule has 4 rings (SSSR count). The number of hydrogen-bond donors (Lipinski definition) is 0. The van der Waals surface area contributed by atoms with Gasteiger partial charge in [-0.15, -0.1) is 0 Å². The van der Waals surface area contributed by atoms with Crippen molar-refractivity contribution in [1.82, 2.24) is 4.57 Å². The molecule has 2 aromatic carbocycles. The van der Waals surface area contributed by atoms with Gasteiger partial charge >= 0.3 is 0 Å². The fraction of sp³-hybridized carbons (Fsp3) is 0.111. The Labute approximate surface area is 122 Å². The number of fused-ring (bicyclic) bond motifs is 3. The first-order chi connectivity index (χ1) is 9.88. The van der Waals surface area contributed by atoms with Crippen molar-refractivity contribution in [2.45, 2.75) is 13.5 Å². The first kappa shape index (κ1) is 11.7. The largest absolute Gasteiger partial charge is 0.341 e. The van der Waals surface area contributed by atoms with E-state index >= 15 is 0 Å². The van der Waals surface area contributed by atoms with Crippen LogP contribution in [-0.4, -0.2) is 4.57 Å². The van der Waals surface area contributed by atoms with Gasteiger partial charge in [0.1, 0.15) is 0 Å². The molecule has 2 heterocycles. The standard InChI is InChI=1S/C18H15NS/c1-2-19-17-6-4-3-5-15(17)16-11-13(7-8-18(16)19)14-9-10-20-12-14/h3-12H,2H2,1H3. The Morgan fingerprint density at radius 3 is 2.55 bits per heavy atom. The zero-order valence-electron chi connectivity index (χ0n) is 11.3. The van der Waals surface area contributed by atoms with Gasteiger partial charge in [-0.05, 0) is 53.1 Å². The number of rotatable bonds is 2. The van der Waals surface area contributed by atoms with E-state index in [4.69, 9.17) is 0 Å². The van der Waals surface area contributed by atoms with Crippen LogP contribution in [0.3, 0.4) is 0 Å². The van der Waals surface area contributed by atoms with Crippen molar-refractivity contribution in [2.24, 2.45) is 0 Å². The number of thiophene rings is 1. The van der Waals surface area contributed by atoms with Crippen LogP contribution in [0.1, 0.15) is 6.92 Å². The molecule has 0 saturated heterocycles. The number of hydrogen-bond acceptors (Lipinski definition) is 1. The van der Waals surface area contributed by atoms with Crippen LogP contribution in [0, 0.1) is 0 Å². The lowest BCUT2D eigenvalue weighted by Gasteiger charge is -2.03. The molecule has 0 atom stereocenters. The summed E-state index contributed by atoms with van der Waals surface area (Å²) in [5, 5.41) is 7.04. The summed E-state index contributed by atoms with van der Waals surface area (Å²) in [6.45, 7) is 3.21. The second-order valence-electron chi connectivity index (χ2n) is 5.01. The predicted octanol–water partition coefficient (Wildman–Crippen LogP) is 5.54. The van der Waals surface area contributed by atoms with E-state index in [0.717, 1.165) is 6.54 Å². The molecule has 20 heavy (non-hydrogen) atoms. The highest BCUT2D eigenvalue weighted by molar-refractivity contribution is 7.08. The molecular formula is C18H15NS. The van der Waals surface area contributed by atoms with Gasteiger partial charge in [0.25, 0.3) is 0 Å². The van der Waals surface area contributed by atoms with E-state index in [2.05, 4.69) is 70.8 Å². The summed E-state index contributed by atoms with van der Waals surface area (Å²) in [4.78, 5) is 0. The zero-order chi connectivity index (χ0) is 13.5. The Bertz CT molecular complexity index is 884. The van der Waals surface area contributed by atoms with Gasteiger partial charge in [-0.25, -0.2) is 0 Å². The third-order valence-electron chi connectivity index (χ3n) is 3.94. The van der Waals surface area contributed by atoms with E-state index in [1.165, 1.54) is 32.9 Å². The van der Waals surface area contributed by atoms with E-state index in [0.29, 0.717) is 0 Å². The van der Waals surface area contributed by atoms with Gasteiger partial charge in [0.2, 0.25) is 0 Å². The molecule has 0 spiro atoms. The molecule has 0 aliphatic rings. The molecule has 0 unspecified atom stereocenters. The van der Waals surface area contributed by atoms with E-state index < -0.39 is 0 Å². The molecule has 1 nitrogen and oxygen atoms in total. The van der Waals surface area contributed by atoms with Crippen LogP contribution < -0.4 is 0 Å². The quantitative estimate of drug-likeness (QED) is 0.453. The smallest absolute Gasteiger partial charge is 0.0491 e. The van der Waals surface area contributed by atoms with E-state index in [9.17, 15) is 0 Å². The summed E-state index contributed by atoms with van der Waals surface area (Å²) in [7, 11) is 0. The van der Waals surface area contributed by atoms with Crippen LogP contribution in [0.2, 0.25) is 0 Å². The number of nitrogens with zero attached hydrogens (tertiary/aromatic N) is 1. The fourth-order valence-electron chi connectivity index (χ4n) is 3.00. The Balaban J connectivity index is 2.10. The Morgan fingerprint density at radius 1 is 0.900 bits per heavy atom. The second kappa shape index (κ2) is 4.50. The van der Waals surface area contributed by atoms with Crippen LogP contribution in [0.4, 0.5) is 0 Å². The van der Waals surface area contributed by atoms with Gasteiger partial charge in [0.05, 0.1) is 0 Å². The van der Waals surface area contributed by atoms with Gasteiger partial charge in [0.15, 0.2) is 0 Å². The number of aromatic nitrogens is 1. The molecule has 0 saturated carbocycles. The lowest BCUT2D eigenvalue weighted by atomic mass is 10.1. The van der Waals surface area contributed by atoms with Gasteiger partial charge in [-0.3, -0.25) is 0 Å². The maximum atomic E-state index is 2.39. The summed E-state index contributed by atoms with van der Waals surface area (Å²) in [5.74, 6) is 0. The molecule has 0 bridgehead atoms. The Hall–Kier alpha value is -2.06. The summed E-state index contributed by atoms with van der Waals surface area (Å²) in [5.41, 5.74) is 5.27. The van der Waals surface area contributed by atoms with Crippen LogP contribution in [0.25, 0.3) is 32.9 Å². The average Bonchev–Trinajstić information content (AvgIpc) is 3.12. The second-order valence-corrected chi connectivity index (χ2v) is 5.79. The van der Waals surface area contributed by atoms with Crippen LogP contribution in [0.15, 0.2) is 59.3 Å². The first-order valence-corrected chi connectivity index (χ1v) is 7.86. The molecule has 0 N–H and O–H groups in total. The highest BCUT2D eigenvalue weighted by atomic mass is 32.1. The summed E-state index contributed by atoms with van der Waals surface area (Å²) < 4.78 is 2.39. The van der Waals surface area contributed by atoms with Gasteiger partial charge in [0, 0.05) is 28.4 Å². The van der Waals surface area contributed by atoms with Crippen molar-refractivity contribution in [3.8, 4) is 11.1 Å².